The highest BCUT2D eigenvalue weighted by Crippen LogP contribution is 2.34. The average Bonchev–Trinajstić information content (AvgIpc) is 2.96. The maximum absolute atomic E-state index is 11.9. The summed E-state index contributed by atoms with van der Waals surface area (Å²) in [5, 5.41) is 1.24. The molecule has 2 atom stereocenters. The monoisotopic (exact) mass is 340 g/mol. The number of halogens is 1. The van der Waals surface area contributed by atoms with E-state index in [1.54, 1.807) is 7.11 Å². The molecule has 1 fully saturated rings. The molecule has 0 saturated carbocycles. The molecule has 5 nitrogen and oxygen atoms in total. The number of ether oxygens (including phenoxy) is 2. The predicted molar refractivity (Wildman–Crippen MR) is 86.4 cm³/mol. The molecule has 1 saturated heterocycles. The van der Waals surface area contributed by atoms with Gasteiger partial charge < -0.3 is 14.0 Å². The third-order valence-electron chi connectivity index (χ3n) is 3.57. The van der Waals surface area contributed by atoms with E-state index in [0.29, 0.717) is 24.6 Å². The first-order valence-corrected chi connectivity index (χ1v) is 8.36. The molecular formula is C15H17ClN2O3S. The second kappa shape index (κ2) is 6.48. The van der Waals surface area contributed by atoms with Gasteiger partial charge in [0.1, 0.15) is 11.4 Å². The second-order valence-corrected chi connectivity index (χ2v) is 6.87. The maximum Gasteiger partial charge on any atom is 0.319 e. The molecule has 1 aliphatic heterocycles. The number of fused-ring (bicyclic) bond motifs is 1. The van der Waals surface area contributed by atoms with E-state index in [2.05, 4.69) is 9.55 Å². The van der Waals surface area contributed by atoms with Gasteiger partial charge in [0.15, 0.2) is 5.16 Å². The van der Waals surface area contributed by atoms with Gasteiger partial charge in [0.25, 0.3) is 0 Å². The molecule has 1 aromatic carbocycles. The van der Waals surface area contributed by atoms with Crippen molar-refractivity contribution in [2.45, 2.75) is 36.4 Å². The van der Waals surface area contributed by atoms with Crippen LogP contribution in [0.3, 0.4) is 0 Å². The first-order chi connectivity index (χ1) is 10.6. The van der Waals surface area contributed by atoms with Gasteiger partial charge in [-0.15, -0.1) is 0 Å². The van der Waals surface area contributed by atoms with Crippen molar-refractivity contribution in [2.24, 2.45) is 0 Å². The van der Waals surface area contributed by atoms with Gasteiger partial charge in [-0.2, -0.15) is 0 Å². The quantitative estimate of drug-likeness (QED) is 0.783. The lowest BCUT2D eigenvalue weighted by atomic mass is 10.3. The predicted octanol–water partition coefficient (Wildman–Crippen LogP) is 3.13. The fourth-order valence-electron chi connectivity index (χ4n) is 2.51. The van der Waals surface area contributed by atoms with E-state index in [0.717, 1.165) is 16.2 Å². The lowest BCUT2D eigenvalue weighted by Gasteiger charge is -2.09. The van der Waals surface area contributed by atoms with E-state index in [4.69, 9.17) is 21.1 Å². The number of hydrogen-bond donors (Lipinski definition) is 0. The first kappa shape index (κ1) is 15.6. The number of thioether (sulfide) groups is 1. The number of imidazole rings is 1. The molecule has 1 aliphatic rings. The van der Waals surface area contributed by atoms with Crippen LogP contribution in [0.5, 0.6) is 0 Å². The van der Waals surface area contributed by atoms with E-state index in [1.807, 2.05) is 25.1 Å². The Morgan fingerprint density at radius 2 is 2.36 bits per heavy atom. The molecule has 22 heavy (non-hydrogen) atoms. The lowest BCUT2D eigenvalue weighted by Crippen LogP contribution is -2.12. The first-order valence-electron chi connectivity index (χ1n) is 7.10. The van der Waals surface area contributed by atoms with Crippen LogP contribution >= 0.6 is 23.4 Å². The summed E-state index contributed by atoms with van der Waals surface area (Å²) in [7, 11) is 1.67. The minimum atomic E-state index is -0.205. The van der Waals surface area contributed by atoms with Crippen LogP contribution in [0.2, 0.25) is 5.02 Å². The van der Waals surface area contributed by atoms with Crippen LogP contribution in [-0.4, -0.2) is 40.6 Å². The Hall–Kier alpha value is -1.24. The smallest absolute Gasteiger partial charge is 0.319 e. The highest BCUT2D eigenvalue weighted by atomic mass is 35.5. The normalized spacial score (nSPS) is 21.5. The Labute approximate surface area is 137 Å². The maximum atomic E-state index is 11.9. The highest BCUT2D eigenvalue weighted by molar-refractivity contribution is 8.00. The zero-order valence-corrected chi connectivity index (χ0v) is 14.0. The fraction of sp³-hybridized carbons (Fsp3) is 0.467. The minimum absolute atomic E-state index is 0.0313. The van der Waals surface area contributed by atoms with Gasteiger partial charge >= 0.3 is 5.97 Å². The lowest BCUT2D eigenvalue weighted by molar-refractivity contribution is -0.140. The molecule has 0 radical (unpaired) electrons. The minimum Gasteiger partial charge on any atom is -0.462 e. The molecule has 0 aliphatic carbocycles. The number of carbonyl (C=O) groups excluding carboxylic acids is 1. The van der Waals surface area contributed by atoms with Gasteiger partial charge in [0.2, 0.25) is 0 Å². The Morgan fingerprint density at radius 1 is 1.55 bits per heavy atom. The molecular weight excluding hydrogens is 324 g/mol. The van der Waals surface area contributed by atoms with E-state index in [-0.39, 0.29) is 17.3 Å². The molecule has 2 unspecified atom stereocenters. The number of cyclic esters (lactones) is 1. The number of rotatable bonds is 5. The van der Waals surface area contributed by atoms with Crippen LogP contribution in [0.15, 0.2) is 23.4 Å². The second-order valence-electron chi connectivity index (χ2n) is 5.26. The SMILES string of the molecule is COCCn1c(SC2CC(C)OC2=O)nc2cc(Cl)ccc21. The number of esters is 1. The summed E-state index contributed by atoms with van der Waals surface area (Å²) in [6.45, 7) is 3.16. The summed E-state index contributed by atoms with van der Waals surface area (Å²) >= 11 is 7.49. The summed E-state index contributed by atoms with van der Waals surface area (Å²) in [5.74, 6) is -0.166. The molecule has 2 heterocycles. The number of hydrogen-bond acceptors (Lipinski definition) is 5. The Balaban J connectivity index is 1.94. The van der Waals surface area contributed by atoms with Crippen molar-refractivity contribution in [2.75, 3.05) is 13.7 Å². The van der Waals surface area contributed by atoms with Crippen molar-refractivity contribution in [3.8, 4) is 0 Å². The average molecular weight is 341 g/mol. The molecule has 0 bridgehead atoms. The van der Waals surface area contributed by atoms with Gasteiger partial charge in [0, 0.05) is 25.1 Å². The van der Waals surface area contributed by atoms with E-state index in [1.165, 1.54) is 11.8 Å². The Morgan fingerprint density at radius 3 is 3.05 bits per heavy atom. The summed E-state index contributed by atoms with van der Waals surface area (Å²) in [6, 6.07) is 5.62. The third kappa shape index (κ3) is 3.09. The van der Waals surface area contributed by atoms with Gasteiger partial charge in [-0.25, -0.2) is 4.98 Å². The van der Waals surface area contributed by atoms with Crippen LogP contribution in [-0.2, 0) is 20.8 Å². The van der Waals surface area contributed by atoms with Crippen molar-refractivity contribution < 1.29 is 14.3 Å². The molecule has 0 amide bonds. The van der Waals surface area contributed by atoms with Crippen molar-refractivity contribution >= 4 is 40.4 Å². The van der Waals surface area contributed by atoms with Crippen LogP contribution in [0.1, 0.15) is 13.3 Å². The number of aromatic nitrogens is 2. The van der Waals surface area contributed by atoms with E-state index < -0.39 is 0 Å². The topological polar surface area (TPSA) is 53.4 Å². The molecule has 0 N–H and O–H groups in total. The Kier molecular flexibility index (Phi) is 4.61. The van der Waals surface area contributed by atoms with Gasteiger partial charge in [-0.1, -0.05) is 23.4 Å². The summed E-state index contributed by atoms with van der Waals surface area (Å²) in [4.78, 5) is 16.5. The van der Waals surface area contributed by atoms with E-state index in [9.17, 15) is 4.79 Å². The summed E-state index contributed by atoms with van der Waals surface area (Å²) < 4.78 is 12.5. The van der Waals surface area contributed by atoms with Gasteiger partial charge in [-0.3, -0.25) is 4.79 Å². The molecule has 7 heteroatoms. The van der Waals surface area contributed by atoms with Crippen LogP contribution in [0.25, 0.3) is 11.0 Å². The number of methoxy groups -OCH3 is 1. The van der Waals surface area contributed by atoms with Gasteiger partial charge in [0.05, 0.1) is 17.6 Å². The third-order valence-corrected chi connectivity index (χ3v) is 5.00. The van der Waals surface area contributed by atoms with Crippen molar-refractivity contribution in [3.05, 3.63) is 23.2 Å². The zero-order chi connectivity index (χ0) is 15.7. The van der Waals surface area contributed by atoms with E-state index >= 15 is 0 Å². The highest BCUT2D eigenvalue weighted by Gasteiger charge is 2.34. The van der Waals surface area contributed by atoms with Crippen molar-refractivity contribution in [1.82, 2.24) is 9.55 Å². The van der Waals surface area contributed by atoms with Crippen LogP contribution < -0.4 is 0 Å². The standard InChI is InChI=1S/C15H17ClN2O3S/c1-9-7-13(14(19)21-9)22-15-17-11-8-10(16)3-4-12(11)18(15)5-6-20-2/h3-4,8-9,13H,5-7H2,1-2H3. The largest absolute Gasteiger partial charge is 0.462 e. The number of carbonyl (C=O) groups is 1. The van der Waals surface area contributed by atoms with Gasteiger partial charge in [-0.05, 0) is 25.1 Å². The Bertz CT molecular complexity index is 703. The molecule has 3 rings (SSSR count). The van der Waals surface area contributed by atoms with Crippen molar-refractivity contribution in [3.63, 3.8) is 0 Å². The van der Waals surface area contributed by atoms with Crippen molar-refractivity contribution in [1.29, 1.82) is 0 Å². The molecule has 118 valence electrons. The molecule has 0 spiro atoms. The summed E-state index contributed by atoms with van der Waals surface area (Å²) in [6.07, 6.45) is 0.675. The number of nitrogens with zero attached hydrogens (tertiary/aromatic N) is 2. The van der Waals surface area contributed by atoms with Crippen LogP contribution in [0.4, 0.5) is 0 Å². The fourth-order valence-corrected chi connectivity index (χ4v) is 3.92. The molecule has 1 aromatic heterocycles. The molecule has 2 aromatic rings. The zero-order valence-electron chi connectivity index (χ0n) is 12.4. The summed E-state index contributed by atoms with van der Waals surface area (Å²) in [5.41, 5.74) is 1.81. The van der Waals surface area contributed by atoms with Crippen LogP contribution in [0, 0.1) is 0 Å². The number of benzene rings is 1.